The fourth-order valence-electron chi connectivity index (χ4n) is 2.13. The number of benzene rings is 1. The molecule has 0 radical (unpaired) electrons. The fraction of sp³-hybridized carbons (Fsp3) is 0.0714. The number of nitrogens with zero attached hydrogens (tertiary/aromatic N) is 6. The van der Waals surface area contributed by atoms with E-state index in [-0.39, 0.29) is 11.5 Å². The fourth-order valence-corrected chi connectivity index (χ4v) is 2.13. The molecule has 0 unspecified atom stereocenters. The molecule has 0 spiro atoms. The smallest absolute Gasteiger partial charge is 0.438 e. The summed E-state index contributed by atoms with van der Waals surface area (Å²) in [6.45, 7) is 0. The molecule has 3 heterocycles. The predicted molar refractivity (Wildman–Crippen MR) is 75.4 cm³/mol. The molecule has 0 fully saturated rings. The number of hydrogen-bond donors (Lipinski definition) is 0. The van der Waals surface area contributed by atoms with Crippen molar-refractivity contribution in [2.24, 2.45) is 0 Å². The molecule has 4 aromatic rings. The molecule has 0 N–H and O–H groups in total. The first-order valence-corrected chi connectivity index (χ1v) is 6.69. The van der Waals surface area contributed by atoms with Crippen LogP contribution in [0.2, 0.25) is 0 Å². The topological polar surface area (TPSA) is 78.1 Å². The monoisotopic (exact) mass is 332 g/mol. The lowest BCUT2D eigenvalue weighted by atomic mass is 10.3. The van der Waals surface area contributed by atoms with E-state index in [0.717, 1.165) is 0 Å². The Morgan fingerprint density at radius 1 is 0.917 bits per heavy atom. The summed E-state index contributed by atoms with van der Waals surface area (Å²) >= 11 is 0. The van der Waals surface area contributed by atoms with Crippen LogP contribution in [0.1, 0.15) is 5.82 Å². The third-order valence-electron chi connectivity index (χ3n) is 3.16. The minimum atomic E-state index is -4.66. The highest BCUT2D eigenvalue weighted by Crippen LogP contribution is 2.28. The number of hydrogen-bond acceptors (Lipinski definition) is 6. The van der Waals surface area contributed by atoms with Gasteiger partial charge in [0.15, 0.2) is 5.65 Å². The van der Waals surface area contributed by atoms with Crippen molar-refractivity contribution in [3.8, 4) is 11.6 Å². The molecule has 0 saturated heterocycles. The first-order valence-electron chi connectivity index (χ1n) is 6.69. The van der Waals surface area contributed by atoms with Crippen molar-refractivity contribution in [1.82, 2.24) is 29.8 Å². The van der Waals surface area contributed by atoms with E-state index in [9.17, 15) is 13.2 Å². The third-order valence-corrected chi connectivity index (χ3v) is 3.16. The van der Waals surface area contributed by atoms with Gasteiger partial charge in [-0.25, -0.2) is 0 Å². The Labute approximate surface area is 131 Å². The maximum Gasteiger partial charge on any atom is 0.453 e. The normalized spacial score (nSPS) is 12.0. The Morgan fingerprint density at radius 3 is 2.50 bits per heavy atom. The molecule has 7 nitrogen and oxygen atoms in total. The van der Waals surface area contributed by atoms with E-state index < -0.39 is 12.0 Å². The molecule has 4 rings (SSSR count). The van der Waals surface area contributed by atoms with Crippen LogP contribution in [0.4, 0.5) is 13.2 Å². The summed E-state index contributed by atoms with van der Waals surface area (Å²) in [4.78, 5) is 8.26. The number of ether oxygens (including phenoxy) is 1. The van der Waals surface area contributed by atoms with Crippen molar-refractivity contribution in [3.05, 3.63) is 48.5 Å². The molecule has 0 amide bonds. The van der Waals surface area contributed by atoms with Crippen LogP contribution in [0.3, 0.4) is 0 Å². The van der Waals surface area contributed by atoms with Crippen LogP contribution in [-0.4, -0.2) is 29.8 Å². The van der Waals surface area contributed by atoms with Crippen LogP contribution >= 0.6 is 0 Å². The zero-order valence-electron chi connectivity index (χ0n) is 11.8. The Hall–Kier alpha value is -3.30. The summed E-state index contributed by atoms with van der Waals surface area (Å²) in [6, 6.07) is 7.68. The molecule has 0 bridgehead atoms. The van der Waals surface area contributed by atoms with Crippen LogP contribution in [0.5, 0.6) is 11.6 Å². The number of fused-ring (bicyclic) bond motifs is 2. The molecule has 1 aromatic carbocycles. The molecule has 120 valence electrons. The Morgan fingerprint density at radius 2 is 1.71 bits per heavy atom. The predicted octanol–water partition coefficient (Wildman–Crippen LogP) is 2.88. The van der Waals surface area contributed by atoms with Gasteiger partial charge in [-0.2, -0.15) is 17.7 Å². The summed E-state index contributed by atoms with van der Waals surface area (Å²) in [7, 11) is 0. The summed E-state index contributed by atoms with van der Waals surface area (Å²) in [6.07, 6.45) is -1.57. The number of alkyl halides is 3. The molecule has 10 heteroatoms. The van der Waals surface area contributed by atoms with Gasteiger partial charge in [0.05, 0.1) is 11.0 Å². The molecular formula is C14H7F3N6O. The SMILES string of the molecule is FC(F)(F)c1nnc2ccc(Oc3ccc4nccnc4c3)nn12. The van der Waals surface area contributed by atoms with Crippen LogP contribution in [-0.2, 0) is 6.18 Å². The van der Waals surface area contributed by atoms with Gasteiger partial charge in [0.2, 0.25) is 5.88 Å². The Kier molecular flexibility index (Phi) is 3.05. The van der Waals surface area contributed by atoms with Gasteiger partial charge in [-0.1, -0.05) is 0 Å². The maximum atomic E-state index is 12.9. The van der Waals surface area contributed by atoms with Crippen LogP contribution in [0.15, 0.2) is 42.7 Å². The van der Waals surface area contributed by atoms with Crippen LogP contribution in [0, 0.1) is 0 Å². The second-order valence-electron chi connectivity index (χ2n) is 4.77. The highest BCUT2D eigenvalue weighted by Gasteiger charge is 2.37. The van der Waals surface area contributed by atoms with E-state index in [0.29, 0.717) is 21.3 Å². The van der Waals surface area contributed by atoms with Gasteiger partial charge in [-0.05, 0) is 18.2 Å². The highest BCUT2D eigenvalue weighted by molar-refractivity contribution is 5.75. The number of aromatic nitrogens is 6. The van der Waals surface area contributed by atoms with E-state index >= 15 is 0 Å². The van der Waals surface area contributed by atoms with Gasteiger partial charge in [0.25, 0.3) is 5.82 Å². The average molecular weight is 332 g/mol. The second-order valence-corrected chi connectivity index (χ2v) is 4.77. The van der Waals surface area contributed by atoms with Crippen molar-refractivity contribution in [1.29, 1.82) is 0 Å². The van der Waals surface area contributed by atoms with Gasteiger partial charge in [-0.3, -0.25) is 9.97 Å². The van der Waals surface area contributed by atoms with Crippen molar-refractivity contribution >= 4 is 16.7 Å². The molecular weight excluding hydrogens is 325 g/mol. The second kappa shape index (κ2) is 5.11. The number of rotatable bonds is 2. The summed E-state index contributed by atoms with van der Waals surface area (Å²) < 4.78 is 44.7. The molecule has 0 aliphatic rings. The van der Waals surface area contributed by atoms with Crippen LogP contribution < -0.4 is 4.74 Å². The Balaban J connectivity index is 1.73. The van der Waals surface area contributed by atoms with Crippen molar-refractivity contribution < 1.29 is 17.9 Å². The lowest BCUT2D eigenvalue weighted by Gasteiger charge is -2.07. The standard InChI is InChI=1S/C14H7F3N6O/c15-14(16,17)13-21-20-11-3-4-12(22-23(11)13)24-8-1-2-9-10(7-8)19-6-5-18-9/h1-7H. The minimum absolute atomic E-state index is 0.0287. The maximum absolute atomic E-state index is 12.9. The Bertz CT molecular complexity index is 1050. The first kappa shape index (κ1) is 14.3. The zero-order valence-corrected chi connectivity index (χ0v) is 11.8. The van der Waals surface area contributed by atoms with Crippen molar-refractivity contribution in [2.75, 3.05) is 0 Å². The summed E-state index contributed by atoms with van der Waals surface area (Å²) in [5.74, 6) is -0.875. The van der Waals surface area contributed by atoms with E-state index in [4.69, 9.17) is 4.74 Å². The lowest BCUT2D eigenvalue weighted by molar-refractivity contribution is -0.146. The first-order chi connectivity index (χ1) is 11.5. The molecule has 0 aliphatic heterocycles. The van der Waals surface area contributed by atoms with Gasteiger partial charge in [0.1, 0.15) is 5.75 Å². The third kappa shape index (κ3) is 2.47. The van der Waals surface area contributed by atoms with Gasteiger partial charge in [-0.15, -0.1) is 15.3 Å². The molecule has 0 atom stereocenters. The minimum Gasteiger partial charge on any atom is -0.438 e. The number of halogens is 3. The summed E-state index contributed by atoms with van der Waals surface area (Å²) in [5.41, 5.74) is 1.24. The van der Waals surface area contributed by atoms with Gasteiger partial charge < -0.3 is 4.74 Å². The lowest BCUT2D eigenvalue weighted by Crippen LogP contribution is -2.12. The largest absolute Gasteiger partial charge is 0.453 e. The molecule has 0 saturated carbocycles. The van der Waals surface area contributed by atoms with Crippen LogP contribution in [0.25, 0.3) is 16.7 Å². The van der Waals surface area contributed by atoms with E-state index in [1.165, 1.54) is 18.3 Å². The zero-order chi connectivity index (χ0) is 16.7. The quantitative estimate of drug-likeness (QED) is 0.562. The molecule has 24 heavy (non-hydrogen) atoms. The summed E-state index contributed by atoms with van der Waals surface area (Å²) in [5, 5.41) is 10.3. The van der Waals surface area contributed by atoms with Gasteiger partial charge >= 0.3 is 6.18 Å². The molecule has 3 aromatic heterocycles. The van der Waals surface area contributed by atoms with Crippen molar-refractivity contribution in [3.63, 3.8) is 0 Å². The molecule has 0 aliphatic carbocycles. The highest BCUT2D eigenvalue weighted by atomic mass is 19.4. The van der Waals surface area contributed by atoms with E-state index in [1.54, 1.807) is 24.4 Å². The van der Waals surface area contributed by atoms with Gasteiger partial charge in [0, 0.05) is 24.5 Å². The van der Waals surface area contributed by atoms with E-state index in [1.807, 2.05) is 0 Å². The van der Waals surface area contributed by atoms with E-state index in [2.05, 4.69) is 25.3 Å². The average Bonchev–Trinajstić information content (AvgIpc) is 2.98. The van der Waals surface area contributed by atoms with Crippen molar-refractivity contribution in [2.45, 2.75) is 6.18 Å².